The van der Waals surface area contributed by atoms with Crippen LogP contribution in [0.2, 0.25) is 0 Å². The number of rotatable bonds is 3. The third kappa shape index (κ3) is 4.02. The summed E-state index contributed by atoms with van der Waals surface area (Å²) in [6, 6.07) is 16.5. The van der Waals surface area contributed by atoms with Gasteiger partial charge >= 0.3 is 0 Å². The lowest BCUT2D eigenvalue weighted by Gasteiger charge is -2.36. The normalized spacial score (nSPS) is 18.7. The summed E-state index contributed by atoms with van der Waals surface area (Å²) < 4.78 is 0. The molecule has 148 valence electrons. The maximum absolute atomic E-state index is 12.5. The van der Waals surface area contributed by atoms with Crippen LogP contribution in [-0.2, 0) is 4.79 Å². The van der Waals surface area contributed by atoms with Crippen LogP contribution >= 0.6 is 11.8 Å². The molecule has 2 aromatic rings. The van der Waals surface area contributed by atoms with Crippen molar-refractivity contribution in [2.45, 2.75) is 6.92 Å². The largest absolute Gasteiger partial charge is 0.368 e. The van der Waals surface area contributed by atoms with Gasteiger partial charge in [-0.2, -0.15) is 4.99 Å². The van der Waals surface area contributed by atoms with Crippen LogP contribution in [0.4, 0.5) is 11.4 Å². The van der Waals surface area contributed by atoms with Crippen LogP contribution in [0.15, 0.2) is 64.5 Å². The number of carbonyl (C=O) groups is 1. The van der Waals surface area contributed by atoms with E-state index in [-0.39, 0.29) is 11.6 Å². The Morgan fingerprint density at radius 3 is 2.24 bits per heavy atom. The first-order valence-electron chi connectivity index (χ1n) is 9.34. The molecule has 2 aliphatic heterocycles. The first-order valence-corrected chi connectivity index (χ1v) is 10.2. The number of hydrogen-bond acceptors (Lipinski definition) is 6. The Hall–Kier alpha value is -3.13. The highest BCUT2D eigenvalue weighted by atomic mass is 32.2. The summed E-state index contributed by atoms with van der Waals surface area (Å²) in [6.07, 6.45) is 0. The second kappa shape index (κ2) is 8.08. The van der Waals surface area contributed by atoms with E-state index < -0.39 is 4.92 Å². The SMILES string of the molecule is C/C(=C1/SC(N2CCN(c3ccccc3)CC2)=NC1=O)c1ccc([N+](=O)[O-])cc1. The van der Waals surface area contributed by atoms with E-state index in [2.05, 4.69) is 26.9 Å². The van der Waals surface area contributed by atoms with Gasteiger partial charge in [0.2, 0.25) is 0 Å². The number of amides is 1. The Labute approximate surface area is 172 Å². The summed E-state index contributed by atoms with van der Waals surface area (Å²) in [5.74, 6) is -0.244. The number of benzene rings is 2. The van der Waals surface area contributed by atoms with Crippen LogP contribution in [0.3, 0.4) is 0 Å². The van der Waals surface area contributed by atoms with E-state index in [1.807, 2.05) is 25.1 Å². The highest BCUT2D eigenvalue weighted by Crippen LogP contribution is 2.35. The number of piperazine rings is 1. The van der Waals surface area contributed by atoms with E-state index in [1.165, 1.54) is 29.6 Å². The fourth-order valence-corrected chi connectivity index (χ4v) is 4.45. The monoisotopic (exact) mass is 408 g/mol. The van der Waals surface area contributed by atoms with Crippen LogP contribution in [0.25, 0.3) is 5.57 Å². The van der Waals surface area contributed by atoms with E-state index in [1.54, 1.807) is 12.1 Å². The molecule has 2 aromatic carbocycles. The Kier molecular flexibility index (Phi) is 5.35. The van der Waals surface area contributed by atoms with Crippen LogP contribution in [-0.4, -0.2) is 47.1 Å². The summed E-state index contributed by atoms with van der Waals surface area (Å²) in [4.78, 5) is 32.2. The lowest BCUT2D eigenvalue weighted by atomic mass is 10.1. The number of nitro groups is 1. The lowest BCUT2D eigenvalue weighted by Crippen LogP contribution is -2.47. The minimum atomic E-state index is -0.433. The van der Waals surface area contributed by atoms with E-state index in [0.717, 1.165) is 42.5 Å². The third-order valence-corrected chi connectivity index (χ3v) is 6.33. The molecule has 0 bridgehead atoms. The Bertz CT molecular complexity index is 994. The molecular formula is C21H20N4O3S. The molecular weight excluding hydrogens is 388 g/mol. The van der Waals surface area contributed by atoms with Crippen molar-refractivity contribution in [1.29, 1.82) is 0 Å². The van der Waals surface area contributed by atoms with E-state index >= 15 is 0 Å². The molecule has 0 N–H and O–H groups in total. The summed E-state index contributed by atoms with van der Waals surface area (Å²) in [5, 5.41) is 11.6. The average molecular weight is 408 g/mol. The molecule has 1 amide bonds. The quantitative estimate of drug-likeness (QED) is 0.437. The van der Waals surface area contributed by atoms with Gasteiger partial charge in [0.25, 0.3) is 11.6 Å². The van der Waals surface area contributed by atoms with Crippen molar-refractivity contribution in [3.63, 3.8) is 0 Å². The molecule has 2 aliphatic rings. The van der Waals surface area contributed by atoms with E-state index in [4.69, 9.17) is 0 Å². The van der Waals surface area contributed by atoms with Gasteiger partial charge in [0.1, 0.15) is 0 Å². The summed E-state index contributed by atoms with van der Waals surface area (Å²) in [6.45, 7) is 5.21. The van der Waals surface area contributed by atoms with Crippen LogP contribution in [0, 0.1) is 10.1 Å². The average Bonchev–Trinajstić information content (AvgIpc) is 3.15. The fourth-order valence-electron chi connectivity index (χ4n) is 3.43. The van der Waals surface area contributed by atoms with Gasteiger partial charge in [-0.25, -0.2) is 0 Å². The molecule has 8 heteroatoms. The number of nitro benzene ring substituents is 1. The number of non-ortho nitro benzene ring substituents is 1. The van der Waals surface area contributed by atoms with Crippen molar-refractivity contribution in [3.8, 4) is 0 Å². The van der Waals surface area contributed by atoms with Crippen molar-refractivity contribution >= 4 is 39.8 Å². The third-order valence-electron chi connectivity index (χ3n) is 5.11. The molecule has 1 fully saturated rings. The predicted molar refractivity (Wildman–Crippen MR) is 116 cm³/mol. The van der Waals surface area contributed by atoms with Gasteiger partial charge in [-0.05, 0) is 54.1 Å². The molecule has 2 heterocycles. The molecule has 0 atom stereocenters. The zero-order valence-corrected chi connectivity index (χ0v) is 16.8. The summed E-state index contributed by atoms with van der Waals surface area (Å²) >= 11 is 1.39. The zero-order valence-electron chi connectivity index (χ0n) is 15.9. The van der Waals surface area contributed by atoms with Gasteiger partial charge in [0.15, 0.2) is 5.17 Å². The highest BCUT2D eigenvalue weighted by Gasteiger charge is 2.30. The number of anilines is 1. The number of nitrogens with zero attached hydrogens (tertiary/aromatic N) is 4. The standard InChI is InChI=1S/C21H20N4O3S/c1-15(16-7-9-18(10-8-16)25(27)28)19-20(26)22-21(29-19)24-13-11-23(12-14-24)17-5-3-2-4-6-17/h2-10H,11-14H2,1H3/b19-15-. The molecule has 1 saturated heterocycles. The minimum absolute atomic E-state index is 0.0326. The van der Waals surface area contributed by atoms with Gasteiger partial charge in [-0.15, -0.1) is 0 Å². The summed E-state index contributed by atoms with van der Waals surface area (Å²) in [7, 11) is 0. The number of hydrogen-bond donors (Lipinski definition) is 0. The minimum Gasteiger partial charge on any atom is -0.368 e. The molecule has 0 spiro atoms. The van der Waals surface area contributed by atoms with Crippen molar-refractivity contribution in [2.75, 3.05) is 31.1 Å². The van der Waals surface area contributed by atoms with Crippen molar-refractivity contribution < 1.29 is 9.72 Å². The van der Waals surface area contributed by atoms with E-state index in [0.29, 0.717) is 4.91 Å². The molecule has 0 radical (unpaired) electrons. The topological polar surface area (TPSA) is 79.0 Å². The van der Waals surface area contributed by atoms with Crippen LogP contribution < -0.4 is 4.90 Å². The van der Waals surface area contributed by atoms with Gasteiger partial charge in [-0.3, -0.25) is 14.9 Å². The first kappa shape index (κ1) is 19.2. The number of para-hydroxylation sites is 1. The van der Waals surface area contributed by atoms with Gasteiger partial charge in [0.05, 0.1) is 9.83 Å². The number of aliphatic imine (C=N–C) groups is 1. The van der Waals surface area contributed by atoms with Crippen molar-refractivity contribution in [3.05, 3.63) is 75.2 Å². The Balaban J connectivity index is 1.44. The van der Waals surface area contributed by atoms with E-state index in [9.17, 15) is 14.9 Å². The fraction of sp³-hybridized carbons (Fsp3) is 0.238. The van der Waals surface area contributed by atoms with Crippen molar-refractivity contribution in [2.24, 2.45) is 4.99 Å². The van der Waals surface area contributed by atoms with Crippen LogP contribution in [0.5, 0.6) is 0 Å². The predicted octanol–water partition coefficient (Wildman–Crippen LogP) is 3.78. The first-order chi connectivity index (χ1) is 14.0. The molecule has 29 heavy (non-hydrogen) atoms. The van der Waals surface area contributed by atoms with Gasteiger partial charge in [0, 0.05) is 44.0 Å². The molecule has 0 aliphatic carbocycles. The van der Waals surface area contributed by atoms with Gasteiger partial charge < -0.3 is 9.80 Å². The molecule has 4 rings (SSSR count). The molecule has 0 saturated carbocycles. The molecule has 0 aromatic heterocycles. The number of thioether (sulfide) groups is 1. The molecule has 7 nitrogen and oxygen atoms in total. The summed E-state index contributed by atoms with van der Waals surface area (Å²) in [5.41, 5.74) is 2.82. The lowest BCUT2D eigenvalue weighted by molar-refractivity contribution is -0.384. The van der Waals surface area contributed by atoms with Crippen LogP contribution in [0.1, 0.15) is 12.5 Å². The number of amidine groups is 1. The maximum atomic E-state index is 12.5. The zero-order chi connectivity index (χ0) is 20.4. The maximum Gasteiger partial charge on any atom is 0.286 e. The second-order valence-corrected chi connectivity index (χ2v) is 7.85. The Morgan fingerprint density at radius 2 is 1.62 bits per heavy atom. The second-order valence-electron chi connectivity index (χ2n) is 6.87. The molecule has 0 unspecified atom stereocenters. The number of carbonyl (C=O) groups excluding carboxylic acids is 1. The smallest absolute Gasteiger partial charge is 0.286 e. The van der Waals surface area contributed by atoms with Gasteiger partial charge in [-0.1, -0.05) is 18.2 Å². The van der Waals surface area contributed by atoms with Crippen molar-refractivity contribution in [1.82, 2.24) is 4.90 Å². The highest BCUT2D eigenvalue weighted by molar-refractivity contribution is 8.18. The number of allylic oxidation sites excluding steroid dienone is 1. The Morgan fingerprint density at radius 1 is 1.00 bits per heavy atom.